The molecule has 2 aromatic rings. The van der Waals surface area contributed by atoms with Crippen molar-refractivity contribution in [2.45, 2.75) is 45.2 Å². The van der Waals surface area contributed by atoms with Crippen molar-refractivity contribution in [2.24, 2.45) is 0 Å². The van der Waals surface area contributed by atoms with Crippen molar-refractivity contribution in [3.05, 3.63) is 34.2 Å². The number of aryl methyl sites for hydroxylation is 2. The van der Waals surface area contributed by atoms with Crippen LogP contribution in [0.2, 0.25) is 0 Å². The molecule has 0 unspecified atom stereocenters. The Hall–Kier alpha value is -1.55. The summed E-state index contributed by atoms with van der Waals surface area (Å²) >= 11 is 0. The Labute approximate surface area is 112 Å². The van der Waals surface area contributed by atoms with Gasteiger partial charge >= 0.3 is 5.69 Å². The lowest BCUT2D eigenvalue weighted by Gasteiger charge is -2.30. The molecule has 0 aliphatic carbocycles. The summed E-state index contributed by atoms with van der Waals surface area (Å²) in [6.07, 6.45) is 1.61. The Morgan fingerprint density at radius 1 is 1.37 bits per heavy atom. The van der Waals surface area contributed by atoms with Crippen molar-refractivity contribution in [3.8, 4) is 0 Å². The second-order valence-corrected chi connectivity index (χ2v) is 5.97. The lowest BCUT2D eigenvalue weighted by atomic mass is 9.79. The Morgan fingerprint density at radius 3 is 2.89 bits per heavy atom. The van der Waals surface area contributed by atoms with E-state index < -0.39 is 0 Å². The summed E-state index contributed by atoms with van der Waals surface area (Å²) in [6.45, 7) is 5.96. The first-order chi connectivity index (χ1) is 9.06. The molecule has 0 saturated carbocycles. The number of hydrogen-bond donors (Lipinski definition) is 1. The first-order valence-corrected chi connectivity index (χ1v) is 6.89. The molecule has 0 bridgehead atoms. The second kappa shape index (κ2) is 4.23. The molecule has 1 N–H and O–H groups in total. The minimum atomic E-state index is 0.0615. The summed E-state index contributed by atoms with van der Waals surface area (Å²) in [5.41, 5.74) is 3.53. The third-order valence-corrected chi connectivity index (χ3v) is 4.27. The van der Waals surface area contributed by atoms with Crippen molar-refractivity contribution in [3.63, 3.8) is 0 Å². The van der Waals surface area contributed by atoms with Gasteiger partial charge in [-0.15, -0.1) is 0 Å². The van der Waals surface area contributed by atoms with Crippen molar-refractivity contribution >= 4 is 11.0 Å². The van der Waals surface area contributed by atoms with E-state index in [1.807, 2.05) is 16.7 Å². The molecule has 102 valence electrons. The maximum Gasteiger partial charge on any atom is 0.329 e. The van der Waals surface area contributed by atoms with E-state index in [-0.39, 0.29) is 17.7 Å². The van der Waals surface area contributed by atoms with Crippen LogP contribution in [0.25, 0.3) is 11.0 Å². The third kappa shape index (κ3) is 1.74. The molecular formula is C15H20N2O2. The Bertz CT molecular complexity index is 679. The number of benzene rings is 1. The molecule has 1 aliphatic heterocycles. The van der Waals surface area contributed by atoms with Gasteiger partial charge < -0.3 is 5.11 Å². The van der Waals surface area contributed by atoms with Gasteiger partial charge in [-0.2, -0.15) is 0 Å². The summed E-state index contributed by atoms with van der Waals surface area (Å²) in [7, 11) is 0. The first-order valence-electron chi connectivity index (χ1n) is 6.89. The number of aromatic nitrogens is 2. The number of imidazole rings is 1. The van der Waals surface area contributed by atoms with Crippen LogP contribution in [0.5, 0.6) is 0 Å². The van der Waals surface area contributed by atoms with Crippen molar-refractivity contribution < 1.29 is 5.11 Å². The molecule has 0 radical (unpaired) electrons. The lowest BCUT2D eigenvalue weighted by Crippen LogP contribution is -2.31. The van der Waals surface area contributed by atoms with E-state index >= 15 is 0 Å². The van der Waals surface area contributed by atoms with Crippen LogP contribution in [0, 0.1) is 0 Å². The molecule has 0 fully saturated rings. The number of aliphatic hydroxyl groups is 1. The van der Waals surface area contributed by atoms with Crippen LogP contribution >= 0.6 is 0 Å². The molecule has 0 atom stereocenters. The molecule has 1 aromatic carbocycles. The number of rotatable bonds is 3. The summed E-state index contributed by atoms with van der Waals surface area (Å²) in [5.74, 6) is 0. The highest BCUT2D eigenvalue weighted by Crippen LogP contribution is 2.36. The molecule has 0 saturated heterocycles. The van der Waals surface area contributed by atoms with Gasteiger partial charge in [-0.25, -0.2) is 4.79 Å². The molecule has 4 nitrogen and oxygen atoms in total. The molecule has 2 heterocycles. The van der Waals surface area contributed by atoms with Crippen LogP contribution in [0.1, 0.15) is 32.3 Å². The van der Waals surface area contributed by atoms with Crippen LogP contribution in [0.15, 0.2) is 23.0 Å². The van der Waals surface area contributed by atoms with Crippen LogP contribution in [0.4, 0.5) is 0 Å². The topological polar surface area (TPSA) is 47.2 Å². The van der Waals surface area contributed by atoms with Crippen molar-refractivity contribution in [2.75, 3.05) is 6.61 Å². The maximum atomic E-state index is 12.5. The lowest BCUT2D eigenvalue weighted by molar-refractivity contribution is 0.279. The molecular weight excluding hydrogens is 240 g/mol. The van der Waals surface area contributed by atoms with Crippen LogP contribution in [-0.2, 0) is 18.5 Å². The van der Waals surface area contributed by atoms with E-state index in [4.69, 9.17) is 5.11 Å². The largest absolute Gasteiger partial charge is 0.396 e. The van der Waals surface area contributed by atoms with E-state index in [1.165, 1.54) is 5.56 Å². The zero-order valence-corrected chi connectivity index (χ0v) is 11.5. The van der Waals surface area contributed by atoms with Crippen LogP contribution in [-0.4, -0.2) is 20.8 Å². The summed E-state index contributed by atoms with van der Waals surface area (Å²) in [6, 6.07) is 6.17. The Morgan fingerprint density at radius 2 is 2.16 bits per heavy atom. The number of nitrogens with zero attached hydrogens (tertiary/aromatic N) is 2. The molecule has 1 aliphatic rings. The van der Waals surface area contributed by atoms with Gasteiger partial charge in [-0.3, -0.25) is 9.13 Å². The van der Waals surface area contributed by atoms with Gasteiger partial charge in [0, 0.05) is 19.7 Å². The zero-order valence-electron chi connectivity index (χ0n) is 11.5. The third-order valence-electron chi connectivity index (χ3n) is 4.27. The van der Waals surface area contributed by atoms with Crippen LogP contribution < -0.4 is 5.69 Å². The fraction of sp³-hybridized carbons (Fsp3) is 0.533. The minimum absolute atomic E-state index is 0.0615. The summed E-state index contributed by atoms with van der Waals surface area (Å²) in [4.78, 5) is 12.5. The molecule has 0 spiro atoms. The fourth-order valence-corrected chi connectivity index (χ4v) is 3.10. The van der Waals surface area contributed by atoms with Gasteiger partial charge in [0.05, 0.1) is 11.0 Å². The quantitative estimate of drug-likeness (QED) is 0.915. The van der Waals surface area contributed by atoms with E-state index in [9.17, 15) is 4.79 Å². The predicted molar refractivity (Wildman–Crippen MR) is 75.5 cm³/mol. The number of para-hydroxylation sites is 1. The number of aliphatic hydroxyl groups excluding tert-OH is 1. The second-order valence-electron chi connectivity index (χ2n) is 5.97. The Balaban J connectivity index is 2.30. The van der Waals surface area contributed by atoms with Crippen molar-refractivity contribution in [1.82, 2.24) is 9.13 Å². The monoisotopic (exact) mass is 260 g/mol. The summed E-state index contributed by atoms with van der Waals surface area (Å²) < 4.78 is 3.70. The predicted octanol–water partition coefficient (Wildman–Crippen LogP) is 1.87. The molecule has 3 rings (SSSR count). The van der Waals surface area contributed by atoms with Gasteiger partial charge in [0.2, 0.25) is 0 Å². The van der Waals surface area contributed by atoms with Gasteiger partial charge in [-0.1, -0.05) is 26.0 Å². The van der Waals surface area contributed by atoms with E-state index in [0.717, 1.165) is 24.0 Å². The van der Waals surface area contributed by atoms with Gasteiger partial charge in [0.1, 0.15) is 0 Å². The zero-order chi connectivity index (χ0) is 13.6. The average molecular weight is 260 g/mol. The molecule has 19 heavy (non-hydrogen) atoms. The summed E-state index contributed by atoms with van der Waals surface area (Å²) in [5, 5.41) is 8.98. The SMILES string of the molecule is CC1(C)CCn2c(=O)n(CCCO)c3cccc1c32. The van der Waals surface area contributed by atoms with E-state index in [2.05, 4.69) is 19.9 Å². The highest BCUT2D eigenvalue weighted by Gasteiger charge is 2.30. The van der Waals surface area contributed by atoms with E-state index in [0.29, 0.717) is 13.0 Å². The molecule has 1 aromatic heterocycles. The average Bonchev–Trinajstić information content (AvgIpc) is 2.65. The normalized spacial score (nSPS) is 17.0. The smallest absolute Gasteiger partial charge is 0.329 e. The molecule has 4 heteroatoms. The fourth-order valence-electron chi connectivity index (χ4n) is 3.10. The standard InChI is InChI=1S/C15H20N2O2/c1-15(2)7-9-17-13-11(15)5-3-6-12(13)16(14(17)19)8-4-10-18/h3,5-6,18H,4,7-10H2,1-2H3. The van der Waals surface area contributed by atoms with Gasteiger partial charge in [-0.05, 0) is 29.9 Å². The highest BCUT2D eigenvalue weighted by molar-refractivity contribution is 5.81. The number of hydrogen-bond acceptors (Lipinski definition) is 2. The molecule has 0 amide bonds. The van der Waals surface area contributed by atoms with Gasteiger partial charge in [0.15, 0.2) is 0 Å². The van der Waals surface area contributed by atoms with Crippen LogP contribution in [0.3, 0.4) is 0 Å². The minimum Gasteiger partial charge on any atom is -0.396 e. The first kappa shape index (κ1) is 12.5. The highest BCUT2D eigenvalue weighted by atomic mass is 16.3. The Kier molecular flexibility index (Phi) is 2.78. The van der Waals surface area contributed by atoms with E-state index in [1.54, 1.807) is 4.57 Å². The van der Waals surface area contributed by atoms with Crippen molar-refractivity contribution in [1.29, 1.82) is 0 Å². The van der Waals surface area contributed by atoms with Gasteiger partial charge in [0.25, 0.3) is 0 Å². The maximum absolute atomic E-state index is 12.5.